The Bertz CT molecular complexity index is 1170. The molecule has 3 aromatic carbocycles. The molecule has 1 heterocycles. The van der Waals surface area contributed by atoms with Crippen LogP contribution in [0.4, 0.5) is 22.0 Å². The summed E-state index contributed by atoms with van der Waals surface area (Å²) in [5.41, 5.74) is 1.27. The second kappa shape index (κ2) is 10.6. The molecule has 1 amide bonds. The van der Waals surface area contributed by atoms with Gasteiger partial charge in [-0.15, -0.1) is 0 Å². The van der Waals surface area contributed by atoms with E-state index in [1.54, 1.807) is 6.07 Å². The smallest absolute Gasteiger partial charge is 0.352 e. The standard InChI is InChI=1S/C27H25F5N2O/c28-24-10-9-19(12-25(24)29)15-34-16-21(20-6-2-1-3-7-20)13-22(17-34)26(35)33-14-18-5-4-8-23(11-18)27(30,31)32/h1-12,21-22H,13-17H2,(H,33,35)/t21-,22+/m1/s1. The van der Waals surface area contributed by atoms with E-state index in [1.165, 1.54) is 12.1 Å². The largest absolute Gasteiger partial charge is 0.416 e. The van der Waals surface area contributed by atoms with Gasteiger partial charge in [-0.1, -0.05) is 48.5 Å². The van der Waals surface area contributed by atoms with E-state index in [2.05, 4.69) is 5.32 Å². The molecule has 3 nitrogen and oxygen atoms in total. The third-order valence-corrected chi connectivity index (χ3v) is 6.28. The molecule has 0 spiro atoms. The van der Waals surface area contributed by atoms with Gasteiger partial charge in [0.25, 0.3) is 0 Å². The molecular formula is C27H25F5N2O. The number of alkyl halides is 3. The number of piperidine rings is 1. The third kappa shape index (κ3) is 6.45. The predicted octanol–water partition coefficient (Wildman–Crippen LogP) is 5.91. The van der Waals surface area contributed by atoms with Crippen LogP contribution in [0.2, 0.25) is 0 Å². The highest BCUT2D eigenvalue weighted by atomic mass is 19.4. The van der Waals surface area contributed by atoms with Crippen molar-refractivity contribution in [1.82, 2.24) is 10.2 Å². The molecule has 0 aromatic heterocycles. The highest BCUT2D eigenvalue weighted by Gasteiger charge is 2.33. The van der Waals surface area contributed by atoms with Gasteiger partial charge in [-0.25, -0.2) is 8.78 Å². The lowest BCUT2D eigenvalue weighted by molar-refractivity contribution is -0.137. The zero-order valence-corrected chi connectivity index (χ0v) is 18.9. The number of likely N-dealkylation sites (tertiary alicyclic amines) is 1. The molecule has 4 rings (SSSR count). The van der Waals surface area contributed by atoms with E-state index >= 15 is 0 Å². The van der Waals surface area contributed by atoms with Crippen molar-refractivity contribution < 1.29 is 26.7 Å². The Hall–Kier alpha value is -3.26. The number of carbonyl (C=O) groups excluding carboxylic acids is 1. The number of nitrogens with zero attached hydrogens (tertiary/aromatic N) is 1. The topological polar surface area (TPSA) is 32.3 Å². The Labute approximate surface area is 200 Å². The number of rotatable bonds is 6. The highest BCUT2D eigenvalue weighted by Crippen LogP contribution is 2.32. The van der Waals surface area contributed by atoms with Crippen molar-refractivity contribution >= 4 is 5.91 Å². The molecular weight excluding hydrogens is 463 g/mol. The van der Waals surface area contributed by atoms with E-state index in [0.29, 0.717) is 37.2 Å². The molecule has 184 valence electrons. The summed E-state index contributed by atoms with van der Waals surface area (Å²) in [6, 6.07) is 18.4. The molecule has 35 heavy (non-hydrogen) atoms. The molecule has 0 radical (unpaired) electrons. The van der Waals surface area contributed by atoms with Gasteiger partial charge in [0.2, 0.25) is 5.91 Å². The summed E-state index contributed by atoms with van der Waals surface area (Å²) in [6.45, 7) is 1.37. The van der Waals surface area contributed by atoms with E-state index in [-0.39, 0.29) is 18.4 Å². The van der Waals surface area contributed by atoms with Crippen molar-refractivity contribution in [2.24, 2.45) is 5.92 Å². The summed E-state index contributed by atoms with van der Waals surface area (Å²) in [6.07, 6.45) is -3.88. The maximum atomic E-state index is 13.7. The first kappa shape index (κ1) is 24.9. The molecule has 0 aliphatic carbocycles. The van der Waals surface area contributed by atoms with Crippen LogP contribution in [0, 0.1) is 17.6 Å². The Kier molecular flexibility index (Phi) is 7.50. The van der Waals surface area contributed by atoms with Crippen molar-refractivity contribution in [2.45, 2.75) is 31.6 Å². The van der Waals surface area contributed by atoms with Gasteiger partial charge >= 0.3 is 6.18 Å². The van der Waals surface area contributed by atoms with Crippen LogP contribution in [0.3, 0.4) is 0 Å². The van der Waals surface area contributed by atoms with Crippen LogP contribution in [-0.4, -0.2) is 23.9 Å². The lowest BCUT2D eigenvalue weighted by atomic mass is 9.84. The first-order valence-corrected chi connectivity index (χ1v) is 11.3. The van der Waals surface area contributed by atoms with Gasteiger partial charge in [-0.2, -0.15) is 13.2 Å². The van der Waals surface area contributed by atoms with Crippen molar-refractivity contribution in [3.8, 4) is 0 Å². The first-order chi connectivity index (χ1) is 16.7. The Balaban J connectivity index is 1.47. The van der Waals surface area contributed by atoms with Crippen LogP contribution in [0.5, 0.6) is 0 Å². The number of carbonyl (C=O) groups is 1. The third-order valence-electron chi connectivity index (χ3n) is 6.28. The molecule has 1 aliphatic rings. The van der Waals surface area contributed by atoms with E-state index in [1.807, 2.05) is 35.2 Å². The van der Waals surface area contributed by atoms with Crippen LogP contribution in [0.15, 0.2) is 72.8 Å². The second-order valence-corrected chi connectivity index (χ2v) is 8.90. The maximum absolute atomic E-state index is 13.7. The van der Waals surface area contributed by atoms with Gasteiger partial charge in [0, 0.05) is 26.2 Å². The van der Waals surface area contributed by atoms with E-state index in [0.717, 1.165) is 29.8 Å². The summed E-state index contributed by atoms with van der Waals surface area (Å²) in [4.78, 5) is 15.1. The normalized spacial score (nSPS) is 18.9. The lowest BCUT2D eigenvalue weighted by Gasteiger charge is -2.37. The van der Waals surface area contributed by atoms with Crippen molar-refractivity contribution in [3.05, 3.63) is 107 Å². The van der Waals surface area contributed by atoms with Crippen LogP contribution in [0.25, 0.3) is 0 Å². The number of amides is 1. The predicted molar refractivity (Wildman–Crippen MR) is 122 cm³/mol. The fraction of sp³-hybridized carbons (Fsp3) is 0.296. The Morgan fingerprint density at radius 1 is 0.886 bits per heavy atom. The molecule has 0 bridgehead atoms. The monoisotopic (exact) mass is 488 g/mol. The summed E-state index contributed by atoms with van der Waals surface area (Å²) in [7, 11) is 0. The van der Waals surface area contributed by atoms with Crippen molar-refractivity contribution in [3.63, 3.8) is 0 Å². The summed E-state index contributed by atoms with van der Waals surface area (Å²) < 4.78 is 66.0. The fourth-order valence-electron chi connectivity index (χ4n) is 4.56. The molecule has 1 saturated heterocycles. The Morgan fingerprint density at radius 2 is 1.66 bits per heavy atom. The van der Waals surface area contributed by atoms with Gasteiger partial charge in [-0.05, 0) is 53.3 Å². The van der Waals surface area contributed by atoms with Crippen LogP contribution in [-0.2, 0) is 24.1 Å². The highest BCUT2D eigenvalue weighted by molar-refractivity contribution is 5.79. The van der Waals surface area contributed by atoms with Crippen molar-refractivity contribution in [1.29, 1.82) is 0 Å². The number of nitrogens with one attached hydrogen (secondary N) is 1. The first-order valence-electron chi connectivity index (χ1n) is 11.3. The van der Waals surface area contributed by atoms with Gasteiger partial charge in [0.05, 0.1) is 11.5 Å². The lowest BCUT2D eigenvalue weighted by Crippen LogP contribution is -2.45. The molecule has 1 aliphatic heterocycles. The van der Waals surface area contributed by atoms with E-state index < -0.39 is 29.3 Å². The molecule has 2 atom stereocenters. The quantitative estimate of drug-likeness (QED) is 0.438. The molecule has 0 saturated carbocycles. The van der Waals surface area contributed by atoms with Crippen LogP contribution >= 0.6 is 0 Å². The molecule has 0 unspecified atom stereocenters. The van der Waals surface area contributed by atoms with E-state index in [9.17, 15) is 26.7 Å². The summed E-state index contributed by atoms with van der Waals surface area (Å²) in [5, 5.41) is 2.78. The number of hydrogen-bond acceptors (Lipinski definition) is 2. The molecule has 3 aromatic rings. The fourth-order valence-corrected chi connectivity index (χ4v) is 4.56. The summed E-state index contributed by atoms with van der Waals surface area (Å²) in [5.74, 6) is -2.46. The average Bonchev–Trinajstić information content (AvgIpc) is 2.85. The number of halogens is 5. The van der Waals surface area contributed by atoms with Crippen LogP contribution in [0.1, 0.15) is 34.6 Å². The minimum Gasteiger partial charge on any atom is -0.352 e. The minimum absolute atomic E-state index is 0.0154. The van der Waals surface area contributed by atoms with Crippen molar-refractivity contribution in [2.75, 3.05) is 13.1 Å². The second-order valence-electron chi connectivity index (χ2n) is 8.90. The van der Waals surface area contributed by atoms with Gasteiger partial charge in [0.15, 0.2) is 11.6 Å². The summed E-state index contributed by atoms with van der Waals surface area (Å²) >= 11 is 0. The number of benzene rings is 3. The zero-order chi connectivity index (χ0) is 25.0. The number of hydrogen-bond donors (Lipinski definition) is 1. The van der Waals surface area contributed by atoms with Gasteiger partial charge in [-0.3, -0.25) is 9.69 Å². The SMILES string of the molecule is O=C(NCc1cccc(C(F)(F)F)c1)[C@H]1C[C@@H](c2ccccc2)CN(Cc2ccc(F)c(F)c2)C1. The minimum atomic E-state index is -4.45. The van der Waals surface area contributed by atoms with E-state index in [4.69, 9.17) is 0 Å². The molecule has 1 N–H and O–H groups in total. The Morgan fingerprint density at radius 3 is 2.37 bits per heavy atom. The van der Waals surface area contributed by atoms with Gasteiger partial charge in [0.1, 0.15) is 0 Å². The zero-order valence-electron chi connectivity index (χ0n) is 18.9. The molecule has 1 fully saturated rings. The van der Waals surface area contributed by atoms with Gasteiger partial charge < -0.3 is 5.32 Å². The molecule has 8 heteroatoms. The average molecular weight is 489 g/mol. The van der Waals surface area contributed by atoms with Crippen LogP contribution < -0.4 is 5.32 Å². The maximum Gasteiger partial charge on any atom is 0.416 e.